The number of benzene rings is 1. The summed E-state index contributed by atoms with van der Waals surface area (Å²) < 4.78 is 46.6. The lowest BCUT2D eigenvalue weighted by Crippen LogP contribution is -2.15. The van der Waals surface area contributed by atoms with Crippen LogP contribution < -0.4 is 10.1 Å². The minimum absolute atomic E-state index is 0.0156. The van der Waals surface area contributed by atoms with Crippen molar-refractivity contribution in [2.45, 2.75) is 46.2 Å². The van der Waals surface area contributed by atoms with Gasteiger partial charge in [0.15, 0.2) is 0 Å². The fourth-order valence-electron chi connectivity index (χ4n) is 3.41. The second-order valence-corrected chi connectivity index (χ2v) is 8.45. The minimum Gasteiger partial charge on any atom is -0.493 e. The first-order valence-electron chi connectivity index (χ1n) is 10.2. The van der Waals surface area contributed by atoms with Gasteiger partial charge in [0, 0.05) is 12.1 Å². The molecule has 0 radical (unpaired) electrons. The Morgan fingerprint density at radius 2 is 1.87 bits per heavy atom. The van der Waals surface area contributed by atoms with E-state index in [1.807, 2.05) is 6.92 Å². The summed E-state index contributed by atoms with van der Waals surface area (Å²) in [7, 11) is 0. The lowest BCUT2D eigenvalue weighted by molar-refractivity contribution is -0.139. The average molecular weight is 420 g/mol. The van der Waals surface area contributed by atoms with Crippen molar-refractivity contribution in [2.24, 2.45) is 17.8 Å². The summed E-state index contributed by atoms with van der Waals surface area (Å²) in [6.45, 7) is 6.34. The molecule has 1 saturated carbocycles. The highest BCUT2D eigenvalue weighted by molar-refractivity contribution is 5.93. The molecule has 0 spiro atoms. The van der Waals surface area contributed by atoms with Crippen molar-refractivity contribution in [1.29, 1.82) is 0 Å². The van der Waals surface area contributed by atoms with Gasteiger partial charge in [-0.25, -0.2) is 4.98 Å². The van der Waals surface area contributed by atoms with E-state index in [2.05, 4.69) is 24.1 Å². The van der Waals surface area contributed by atoms with E-state index >= 15 is 0 Å². The summed E-state index contributed by atoms with van der Waals surface area (Å²) in [6.07, 6.45) is -0.465. The van der Waals surface area contributed by atoms with Crippen LogP contribution in [0.3, 0.4) is 0 Å². The molecular weight excluding hydrogens is 393 g/mol. The van der Waals surface area contributed by atoms with E-state index in [0.717, 1.165) is 25.3 Å². The molecule has 1 aliphatic rings. The van der Waals surface area contributed by atoms with Gasteiger partial charge in [-0.1, -0.05) is 26.8 Å². The van der Waals surface area contributed by atoms with Crippen LogP contribution >= 0.6 is 0 Å². The summed E-state index contributed by atoms with van der Waals surface area (Å²) in [5, 5.41) is 2.72. The predicted molar refractivity (Wildman–Crippen MR) is 110 cm³/mol. The van der Waals surface area contributed by atoms with E-state index in [9.17, 15) is 18.0 Å². The SMILES string of the molecule is CC(C)CC(C)COc1ccc(-c2ccnc(NC(=O)C3CC3)c2)cc1C(F)(F)F. The Morgan fingerprint density at radius 1 is 1.17 bits per heavy atom. The predicted octanol–water partition coefficient (Wildman–Crippen LogP) is 6.18. The number of hydrogen-bond donors (Lipinski definition) is 1. The van der Waals surface area contributed by atoms with Gasteiger partial charge in [0.2, 0.25) is 5.91 Å². The molecule has 4 nitrogen and oxygen atoms in total. The zero-order valence-electron chi connectivity index (χ0n) is 17.4. The number of rotatable bonds is 8. The number of amides is 1. The van der Waals surface area contributed by atoms with Crippen LogP contribution in [0.15, 0.2) is 36.5 Å². The Bertz CT molecular complexity index is 892. The summed E-state index contributed by atoms with van der Waals surface area (Å²) >= 11 is 0. The second-order valence-electron chi connectivity index (χ2n) is 8.45. The molecule has 1 heterocycles. The van der Waals surface area contributed by atoms with Crippen LogP contribution in [0.4, 0.5) is 19.0 Å². The lowest BCUT2D eigenvalue weighted by Gasteiger charge is -2.19. The molecule has 1 aromatic carbocycles. The monoisotopic (exact) mass is 420 g/mol. The first-order chi connectivity index (χ1) is 14.1. The molecule has 162 valence electrons. The molecule has 1 amide bonds. The average Bonchev–Trinajstić information content (AvgIpc) is 3.50. The number of carbonyl (C=O) groups excluding carboxylic acids is 1. The van der Waals surface area contributed by atoms with Crippen molar-refractivity contribution < 1.29 is 22.7 Å². The molecule has 1 aromatic heterocycles. The molecule has 30 heavy (non-hydrogen) atoms. The Balaban J connectivity index is 1.81. The van der Waals surface area contributed by atoms with Crippen LogP contribution in [-0.2, 0) is 11.0 Å². The van der Waals surface area contributed by atoms with E-state index in [1.165, 1.54) is 12.3 Å². The minimum atomic E-state index is -4.54. The number of alkyl halides is 3. The number of pyridine rings is 1. The van der Waals surface area contributed by atoms with Gasteiger partial charge in [0.25, 0.3) is 0 Å². The van der Waals surface area contributed by atoms with Crippen LogP contribution in [0.5, 0.6) is 5.75 Å². The van der Waals surface area contributed by atoms with E-state index < -0.39 is 11.7 Å². The van der Waals surface area contributed by atoms with Crippen LogP contribution in [0.25, 0.3) is 11.1 Å². The smallest absolute Gasteiger partial charge is 0.419 e. The van der Waals surface area contributed by atoms with Gasteiger partial charge in [0.05, 0.1) is 12.2 Å². The number of halogens is 3. The molecule has 1 unspecified atom stereocenters. The zero-order valence-corrected chi connectivity index (χ0v) is 17.4. The van der Waals surface area contributed by atoms with Gasteiger partial charge in [0.1, 0.15) is 11.6 Å². The van der Waals surface area contributed by atoms with Gasteiger partial charge in [-0.2, -0.15) is 13.2 Å². The molecule has 1 aliphatic carbocycles. The van der Waals surface area contributed by atoms with Crippen molar-refractivity contribution in [3.05, 3.63) is 42.1 Å². The Hall–Kier alpha value is -2.57. The van der Waals surface area contributed by atoms with Crippen LogP contribution in [0, 0.1) is 17.8 Å². The Kier molecular flexibility index (Phi) is 6.68. The van der Waals surface area contributed by atoms with Crippen LogP contribution in [-0.4, -0.2) is 17.5 Å². The summed E-state index contributed by atoms with van der Waals surface area (Å²) in [5.41, 5.74) is 0.118. The molecular formula is C23H27F3N2O2. The van der Waals surface area contributed by atoms with Crippen molar-refractivity contribution >= 4 is 11.7 Å². The molecule has 3 rings (SSSR count). The van der Waals surface area contributed by atoms with E-state index in [0.29, 0.717) is 22.9 Å². The van der Waals surface area contributed by atoms with E-state index in [-0.39, 0.29) is 30.1 Å². The summed E-state index contributed by atoms with van der Waals surface area (Å²) in [5.74, 6) is 0.689. The second kappa shape index (κ2) is 9.06. The molecule has 1 atom stereocenters. The fraction of sp³-hybridized carbons (Fsp3) is 0.478. The van der Waals surface area contributed by atoms with Gasteiger partial charge < -0.3 is 10.1 Å². The number of anilines is 1. The number of ether oxygens (including phenoxy) is 1. The molecule has 2 aromatic rings. The number of carbonyl (C=O) groups is 1. The van der Waals surface area contributed by atoms with Crippen molar-refractivity contribution in [3.8, 4) is 16.9 Å². The highest BCUT2D eigenvalue weighted by Crippen LogP contribution is 2.39. The van der Waals surface area contributed by atoms with Gasteiger partial charge in [-0.15, -0.1) is 0 Å². The highest BCUT2D eigenvalue weighted by Gasteiger charge is 2.35. The standard InChI is InChI=1S/C23H27F3N2O2/c1-14(2)10-15(3)13-30-20-7-6-17(11-19(20)23(24,25)26)18-8-9-27-21(12-18)28-22(29)16-4-5-16/h6-9,11-12,14-16H,4-5,10,13H2,1-3H3,(H,27,28,29). The van der Waals surface area contributed by atoms with Gasteiger partial charge in [-0.3, -0.25) is 4.79 Å². The van der Waals surface area contributed by atoms with Crippen molar-refractivity contribution in [1.82, 2.24) is 4.98 Å². The molecule has 7 heteroatoms. The summed E-state index contributed by atoms with van der Waals surface area (Å²) in [6, 6.07) is 7.25. The maximum absolute atomic E-state index is 13.7. The Morgan fingerprint density at radius 3 is 2.50 bits per heavy atom. The van der Waals surface area contributed by atoms with E-state index in [1.54, 1.807) is 18.2 Å². The van der Waals surface area contributed by atoms with Crippen LogP contribution in [0.1, 0.15) is 45.6 Å². The van der Waals surface area contributed by atoms with E-state index in [4.69, 9.17) is 4.74 Å². The van der Waals surface area contributed by atoms with Gasteiger partial charge >= 0.3 is 6.18 Å². The van der Waals surface area contributed by atoms with Gasteiger partial charge in [-0.05, 0) is 66.5 Å². The normalized spacial score (nSPS) is 15.2. The molecule has 1 N–H and O–H groups in total. The van der Waals surface area contributed by atoms with Crippen LogP contribution in [0.2, 0.25) is 0 Å². The lowest BCUT2D eigenvalue weighted by atomic mass is 9.99. The third-order valence-corrected chi connectivity index (χ3v) is 4.97. The Labute approximate surface area is 174 Å². The van der Waals surface area contributed by atoms with Crippen molar-refractivity contribution in [2.75, 3.05) is 11.9 Å². The highest BCUT2D eigenvalue weighted by atomic mass is 19.4. The number of nitrogens with zero attached hydrogens (tertiary/aromatic N) is 1. The topological polar surface area (TPSA) is 51.2 Å². The zero-order chi connectivity index (χ0) is 21.9. The third kappa shape index (κ3) is 5.97. The first kappa shape index (κ1) is 22.1. The maximum Gasteiger partial charge on any atom is 0.419 e. The fourth-order valence-corrected chi connectivity index (χ4v) is 3.41. The molecule has 0 aliphatic heterocycles. The quantitative estimate of drug-likeness (QED) is 0.555. The maximum atomic E-state index is 13.7. The largest absolute Gasteiger partial charge is 0.493 e. The van der Waals surface area contributed by atoms with Crippen molar-refractivity contribution in [3.63, 3.8) is 0 Å². The third-order valence-electron chi connectivity index (χ3n) is 4.97. The molecule has 0 saturated heterocycles. The molecule has 0 bridgehead atoms. The number of aromatic nitrogens is 1. The first-order valence-corrected chi connectivity index (χ1v) is 10.2. The number of hydrogen-bond acceptors (Lipinski definition) is 3. The summed E-state index contributed by atoms with van der Waals surface area (Å²) in [4.78, 5) is 16.0. The number of nitrogens with one attached hydrogen (secondary N) is 1. The molecule has 1 fully saturated rings.